The first-order valence-corrected chi connectivity index (χ1v) is 22.0. The highest BCUT2D eigenvalue weighted by Crippen LogP contribution is 2.20. The minimum absolute atomic E-state index is 0.101. The van der Waals surface area contributed by atoms with Gasteiger partial charge in [-0.1, -0.05) is 32.4 Å². The number of aromatic nitrogens is 2. The number of unbranched alkanes of at least 4 members (excludes halogenated alkanes) is 2. The van der Waals surface area contributed by atoms with Crippen LogP contribution in [-0.4, -0.2) is 113 Å². The third-order valence-electron chi connectivity index (χ3n) is 10.7. The number of hydrogen-bond donors (Lipinski definition) is 7. The number of hydrogen-bond acceptors (Lipinski definition) is 13. The molecule has 0 fully saturated rings. The fourth-order valence-corrected chi connectivity index (χ4v) is 7.11. The highest BCUT2D eigenvalue weighted by atomic mass is 16.5. The van der Waals surface area contributed by atoms with Crippen molar-refractivity contribution in [2.75, 3.05) is 38.1 Å². The third-order valence-corrected chi connectivity index (χ3v) is 10.7. The summed E-state index contributed by atoms with van der Waals surface area (Å²) in [4.78, 5) is 130. The number of urea groups is 1. The van der Waals surface area contributed by atoms with Gasteiger partial charge in [-0.25, -0.2) is 9.78 Å². The van der Waals surface area contributed by atoms with E-state index in [0.29, 0.717) is 53.7 Å². The molecule has 0 bridgehead atoms. The van der Waals surface area contributed by atoms with Gasteiger partial charge in [-0.3, -0.25) is 52.6 Å². The third kappa shape index (κ3) is 15.5. The van der Waals surface area contributed by atoms with E-state index in [0.717, 1.165) is 23.6 Å². The molecule has 2 aliphatic heterocycles. The number of fused-ring (bicyclic) bond motifs is 2. The molecule has 0 saturated carbocycles. The van der Waals surface area contributed by atoms with Crippen molar-refractivity contribution in [2.45, 2.75) is 90.4 Å². The second-order valence-electron chi connectivity index (χ2n) is 16.2. The molecule has 9 amide bonds. The van der Waals surface area contributed by atoms with Gasteiger partial charge in [0.2, 0.25) is 23.6 Å². The van der Waals surface area contributed by atoms with E-state index in [-0.39, 0.29) is 68.2 Å². The topological polar surface area (TPSA) is 308 Å². The largest absolute Gasteiger partial charge is 0.484 e. The van der Waals surface area contributed by atoms with E-state index in [1.807, 2.05) is 0 Å². The van der Waals surface area contributed by atoms with Crippen LogP contribution in [0.15, 0.2) is 59.4 Å². The summed E-state index contributed by atoms with van der Waals surface area (Å²) in [5.74, 6) is -3.60. The molecule has 0 aliphatic carbocycles. The van der Waals surface area contributed by atoms with Crippen molar-refractivity contribution < 1.29 is 52.6 Å². The molecule has 358 valence electrons. The molecular weight excluding hydrogens is 873 g/mol. The molecule has 67 heavy (non-hydrogen) atoms. The van der Waals surface area contributed by atoms with Gasteiger partial charge in [-0.2, -0.15) is 0 Å². The van der Waals surface area contributed by atoms with E-state index in [4.69, 9.17) is 15.2 Å². The number of benzene rings is 2. The molecule has 5 rings (SSSR count). The normalized spacial score (nSPS) is 13.7. The SMILES string of the molecule is CC(C)C(NC(=O)CCCCCN1C(=O)C=CC1=O)C(=O)N[C@@H](CCCNC(N)=O)C(=O)Nc1ccc(COC(=O)CNC(=O)CNC(=O)COc2ccc3nc4n(c(=O)c3c2)CCC4)cc1. The molecule has 3 aromatic rings. The summed E-state index contributed by atoms with van der Waals surface area (Å²) in [6.45, 7) is 2.98. The summed E-state index contributed by atoms with van der Waals surface area (Å²) in [5.41, 5.74) is 6.44. The lowest BCUT2D eigenvalue weighted by Gasteiger charge is -2.25. The average Bonchev–Trinajstić information content (AvgIpc) is 3.91. The van der Waals surface area contributed by atoms with Crippen molar-refractivity contribution in [3.05, 3.63) is 76.4 Å². The number of primary amides is 1. The van der Waals surface area contributed by atoms with Gasteiger partial charge >= 0.3 is 12.0 Å². The lowest BCUT2D eigenvalue weighted by molar-refractivity contribution is -0.145. The Bertz CT molecular complexity index is 2420. The predicted molar refractivity (Wildman–Crippen MR) is 241 cm³/mol. The lowest BCUT2D eigenvalue weighted by Crippen LogP contribution is -2.54. The van der Waals surface area contributed by atoms with E-state index >= 15 is 0 Å². The quantitative estimate of drug-likeness (QED) is 0.0340. The van der Waals surface area contributed by atoms with Crippen LogP contribution in [0.2, 0.25) is 0 Å². The Balaban J connectivity index is 1.01. The number of aryl methyl sites for hydroxylation is 1. The molecule has 2 aliphatic rings. The second kappa shape index (κ2) is 24.6. The smallest absolute Gasteiger partial charge is 0.325 e. The maximum atomic E-state index is 13.5. The van der Waals surface area contributed by atoms with Gasteiger partial charge in [0, 0.05) is 50.3 Å². The zero-order chi connectivity index (χ0) is 48.5. The van der Waals surface area contributed by atoms with Crippen LogP contribution in [0, 0.1) is 5.92 Å². The van der Waals surface area contributed by atoms with Gasteiger partial charge in [0.1, 0.15) is 36.8 Å². The van der Waals surface area contributed by atoms with Gasteiger partial charge in [0.15, 0.2) is 6.61 Å². The minimum Gasteiger partial charge on any atom is -0.484 e. The maximum absolute atomic E-state index is 13.5. The standard InChI is InChI=1S/C45H56N10O12/c1-27(2)41(53-35(56)10-4-3-5-20-55-38(59)17-18-39(55)60)43(63)52-33(8-6-19-47-45(46)65)42(62)50-29-13-11-28(12-14-29)25-67-40(61)24-49-36(57)23-48-37(58)26-66-30-15-16-32-31(22-30)44(64)54-21-7-9-34(54)51-32/h11-18,22,27,33,41H,3-10,19-21,23-26H2,1-2H3,(H,48,58)(H,49,57)(H,50,62)(H,52,63)(H,53,56)(H3,46,47,65)/t33-,41?/m0/s1. The van der Waals surface area contributed by atoms with Crippen LogP contribution < -0.4 is 47.9 Å². The number of carbonyl (C=O) groups excluding carboxylic acids is 9. The molecular formula is C45H56N10O12. The first-order chi connectivity index (χ1) is 32.1. The van der Waals surface area contributed by atoms with E-state index in [2.05, 4.69) is 36.9 Å². The van der Waals surface area contributed by atoms with Crippen molar-refractivity contribution in [1.29, 1.82) is 0 Å². The predicted octanol–water partition coefficient (Wildman–Crippen LogP) is 0.195. The van der Waals surface area contributed by atoms with Crippen molar-refractivity contribution in [3.8, 4) is 5.75 Å². The van der Waals surface area contributed by atoms with Gasteiger partial charge < -0.3 is 47.1 Å². The van der Waals surface area contributed by atoms with Crippen molar-refractivity contribution >= 4 is 69.9 Å². The number of amides is 9. The fraction of sp³-hybridized carbons (Fsp3) is 0.444. The Hall–Kier alpha value is -7.65. The summed E-state index contributed by atoms with van der Waals surface area (Å²) < 4.78 is 12.4. The van der Waals surface area contributed by atoms with E-state index in [9.17, 15) is 47.9 Å². The van der Waals surface area contributed by atoms with Crippen LogP contribution in [0.5, 0.6) is 5.75 Å². The van der Waals surface area contributed by atoms with Crippen LogP contribution in [0.3, 0.4) is 0 Å². The highest BCUT2D eigenvalue weighted by molar-refractivity contribution is 6.12. The number of nitrogens with one attached hydrogen (secondary N) is 6. The van der Waals surface area contributed by atoms with Gasteiger partial charge in [0.25, 0.3) is 23.3 Å². The average molecular weight is 929 g/mol. The number of imide groups is 1. The number of ether oxygens (including phenoxy) is 2. The Morgan fingerprint density at radius 1 is 0.806 bits per heavy atom. The van der Waals surface area contributed by atoms with Gasteiger partial charge in [-0.15, -0.1) is 0 Å². The summed E-state index contributed by atoms with van der Waals surface area (Å²) in [7, 11) is 0. The lowest BCUT2D eigenvalue weighted by atomic mass is 10.0. The zero-order valence-electron chi connectivity index (χ0n) is 37.4. The van der Waals surface area contributed by atoms with E-state index in [1.54, 1.807) is 54.8 Å². The number of carbonyl (C=O) groups is 9. The monoisotopic (exact) mass is 928 g/mol. The molecule has 2 aromatic carbocycles. The van der Waals surface area contributed by atoms with Crippen LogP contribution in [0.4, 0.5) is 10.5 Å². The molecule has 0 radical (unpaired) electrons. The summed E-state index contributed by atoms with van der Waals surface area (Å²) >= 11 is 0. The Kier molecular flexibility index (Phi) is 18.5. The molecule has 2 atom stereocenters. The highest BCUT2D eigenvalue weighted by Gasteiger charge is 2.29. The Morgan fingerprint density at radius 3 is 2.25 bits per heavy atom. The molecule has 1 aromatic heterocycles. The van der Waals surface area contributed by atoms with Crippen LogP contribution in [0.25, 0.3) is 10.9 Å². The van der Waals surface area contributed by atoms with E-state index in [1.165, 1.54) is 18.2 Å². The molecule has 8 N–H and O–H groups in total. The van der Waals surface area contributed by atoms with E-state index < -0.39 is 67.4 Å². The molecule has 22 heteroatoms. The molecule has 3 heterocycles. The first-order valence-electron chi connectivity index (χ1n) is 22.0. The first kappa shape index (κ1) is 50.4. The fourth-order valence-electron chi connectivity index (χ4n) is 7.11. The number of esters is 1. The van der Waals surface area contributed by atoms with Crippen LogP contribution in [0.1, 0.15) is 70.2 Å². The minimum atomic E-state index is -1.08. The molecule has 1 unspecified atom stereocenters. The maximum Gasteiger partial charge on any atom is 0.325 e. The number of nitrogens with zero attached hydrogens (tertiary/aromatic N) is 3. The zero-order valence-corrected chi connectivity index (χ0v) is 37.4. The summed E-state index contributed by atoms with van der Waals surface area (Å²) in [6, 6.07) is 8.28. The van der Waals surface area contributed by atoms with Gasteiger partial charge in [0.05, 0.1) is 17.4 Å². The van der Waals surface area contributed by atoms with Crippen molar-refractivity contribution in [1.82, 2.24) is 41.0 Å². The molecule has 0 spiro atoms. The van der Waals surface area contributed by atoms with Crippen molar-refractivity contribution in [3.63, 3.8) is 0 Å². The second-order valence-corrected chi connectivity index (χ2v) is 16.2. The Labute approximate surface area is 385 Å². The molecule has 0 saturated heterocycles. The van der Waals surface area contributed by atoms with Crippen molar-refractivity contribution in [2.24, 2.45) is 11.7 Å². The van der Waals surface area contributed by atoms with Crippen LogP contribution in [-0.2, 0) is 62.7 Å². The number of nitrogens with two attached hydrogens (primary N) is 1. The Morgan fingerprint density at radius 2 is 1.54 bits per heavy atom. The summed E-state index contributed by atoms with van der Waals surface area (Å²) in [6.07, 6.45) is 6.04. The van der Waals surface area contributed by atoms with Crippen LogP contribution >= 0.6 is 0 Å². The molecule has 22 nitrogen and oxygen atoms in total. The van der Waals surface area contributed by atoms with Gasteiger partial charge in [-0.05, 0) is 73.9 Å². The summed E-state index contributed by atoms with van der Waals surface area (Å²) in [5, 5.41) is 15.8. The number of rotatable bonds is 25. The number of anilines is 1.